The molecule has 0 bridgehead atoms. The Hall–Kier alpha value is -3.10. The van der Waals surface area contributed by atoms with Crippen LogP contribution in [-0.2, 0) is 11.2 Å². The number of Topliss-reactive ketones (excluding diaryl/α,β-unsaturated/α-hetero) is 1. The van der Waals surface area contributed by atoms with Crippen LogP contribution in [0.15, 0.2) is 24.4 Å². The topological polar surface area (TPSA) is 90.4 Å². The number of ether oxygens (including phenoxy) is 2. The number of halogens is 2. The van der Waals surface area contributed by atoms with Gasteiger partial charge in [0.25, 0.3) is 18.2 Å². The second-order valence-electron chi connectivity index (χ2n) is 7.46. The number of amides is 1. The summed E-state index contributed by atoms with van der Waals surface area (Å²) in [5.74, 6) is -0.268. The van der Waals surface area contributed by atoms with Gasteiger partial charge in [0, 0.05) is 35.5 Å². The zero-order valence-electron chi connectivity index (χ0n) is 18.2. The summed E-state index contributed by atoms with van der Waals surface area (Å²) < 4.78 is 34.8. The van der Waals surface area contributed by atoms with Gasteiger partial charge >= 0.3 is 0 Å². The fraction of sp³-hybridized carbons (Fsp3) is 0.455. The van der Waals surface area contributed by atoms with Crippen molar-refractivity contribution in [3.63, 3.8) is 0 Å². The van der Waals surface area contributed by atoms with E-state index in [0.29, 0.717) is 22.5 Å². The van der Waals surface area contributed by atoms with Gasteiger partial charge in [0.05, 0.1) is 13.2 Å². The average molecular weight is 435 g/mol. The summed E-state index contributed by atoms with van der Waals surface area (Å²) in [6.07, 6.45) is -1.04. The number of carbonyl (C=O) groups is 2. The third kappa shape index (κ3) is 6.97. The van der Waals surface area contributed by atoms with Crippen LogP contribution in [0.5, 0.6) is 11.6 Å². The first-order chi connectivity index (χ1) is 14.6. The Balaban J connectivity index is 2.14. The van der Waals surface area contributed by atoms with Gasteiger partial charge in [0.2, 0.25) is 0 Å². The van der Waals surface area contributed by atoms with E-state index in [2.05, 4.69) is 15.3 Å². The minimum atomic E-state index is -2.63. The van der Waals surface area contributed by atoms with Crippen LogP contribution in [-0.4, -0.2) is 41.8 Å². The van der Waals surface area contributed by atoms with Crippen LogP contribution in [0.3, 0.4) is 0 Å². The van der Waals surface area contributed by atoms with E-state index in [0.717, 1.165) is 0 Å². The molecule has 9 heteroatoms. The molecule has 0 saturated heterocycles. The summed E-state index contributed by atoms with van der Waals surface area (Å²) in [5, 5.41) is 2.86. The molecule has 2 aromatic rings. The number of methoxy groups -OCH3 is 1. The number of hydrogen-bond acceptors (Lipinski definition) is 6. The molecular formula is C22H27F2N3O4. The quantitative estimate of drug-likeness (QED) is 0.612. The lowest BCUT2D eigenvalue weighted by molar-refractivity contribution is -0.121. The average Bonchev–Trinajstić information content (AvgIpc) is 2.71. The molecule has 7 nitrogen and oxygen atoms in total. The molecule has 0 spiro atoms. The Morgan fingerprint density at radius 1 is 1.16 bits per heavy atom. The monoisotopic (exact) mass is 435 g/mol. The second kappa shape index (κ2) is 10.8. The molecule has 0 fully saturated rings. The van der Waals surface area contributed by atoms with Gasteiger partial charge in [0.15, 0.2) is 12.4 Å². The van der Waals surface area contributed by atoms with Crippen molar-refractivity contribution < 1.29 is 27.8 Å². The van der Waals surface area contributed by atoms with Crippen molar-refractivity contribution in [2.45, 2.75) is 46.6 Å². The molecule has 31 heavy (non-hydrogen) atoms. The number of nitrogens with zero attached hydrogens (tertiary/aromatic N) is 2. The predicted octanol–water partition coefficient (Wildman–Crippen LogP) is 3.70. The van der Waals surface area contributed by atoms with Crippen LogP contribution in [0, 0.1) is 12.8 Å². The van der Waals surface area contributed by atoms with Crippen molar-refractivity contribution in [3.8, 4) is 11.6 Å². The fourth-order valence-electron chi connectivity index (χ4n) is 2.79. The van der Waals surface area contributed by atoms with Crippen molar-refractivity contribution in [2.24, 2.45) is 5.92 Å². The van der Waals surface area contributed by atoms with Gasteiger partial charge in [-0.1, -0.05) is 13.8 Å². The Morgan fingerprint density at radius 3 is 2.48 bits per heavy atom. The van der Waals surface area contributed by atoms with Crippen LogP contribution in [0.25, 0.3) is 0 Å². The SMILES string of the molecule is COc1cc(C(C)NC(=O)c2cc(C)nc(CC(=O)C(C)C)c2)cnc1OCC(F)F. The van der Waals surface area contributed by atoms with E-state index in [1.165, 1.54) is 13.3 Å². The first-order valence-corrected chi connectivity index (χ1v) is 9.86. The predicted molar refractivity (Wildman–Crippen MR) is 111 cm³/mol. The molecule has 0 aliphatic carbocycles. The third-order valence-corrected chi connectivity index (χ3v) is 4.52. The van der Waals surface area contributed by atoms with Gasteiger partial charge in [-0.2, -0.15) is 0 Å². The van der Waals surface area contributed by atoms with Crippen molar-refractivity contribution in [2.75, 3.05) is 13.7 Å². The van der Waals surface area contributed by atoms with E-state index in [9.17, 15) is 18.4 Å². The molecular weight excluding hydrogens is 408 g/mol. The van der Waals surface area contributed by atoms with Gasteiger partial charge in [-0.3, -0.25) is 14.6 Å². The van der Waals surface area contributed by atoms with Crippen LogP contribution in [0.4, 0.5) is 8.78 Å². The van der Waals surface area contributed by atoms with Gasteiger partial charge in [0.1, 0.15) is 5.78 Å². The van der Waals surface area contributed by atoms with Crippen molar-refractivity contribution in [1.82, 2.24) is 15.3 Å². The molecule has 2 rings (SSSR count). The number of hydrogen-bond donors (Lipinski definition) is 1. The standard InChI is InChI=1S/C22H27F2N3O4/c1-12(2)18(28)9-17-7-15(6-13(3)26-17)21(29)27-14(4)16-8-19(30-5)22(25-10-16)31-11-20(23)24/h6-8,10,12,14,20H,9,11H2,1-5H3,(H,27,29). The van der Waals surface area contributed by atoms with Crippen molar-refractivity contribution in [1.29, 1.82) is 0 Å². The summed E-state index contributed by atoms with van der Waals surface area (Å²) >= 11 is 0. The maximum atomic E-state index is 12.8. The Kier molecular flexibility index (Phi) is 8.41. The highest BCUT2D eigenvalue weighted by atomic mass is 19.3. The number of aryl methyl sites for hydroxylation is 1. The van der Waals surface area contributed by atoms with E-state index in [1.54, 1.807) is 32.0 Å². The van der Waals surface area contributed by atoms with E-state index in [4.69, 9.17) is 9.47 Å². The second-order valence-corrected chi connectivity index (χ2v) is 7.46. The van der Waals surface area contributed by atoms with Gasteiger partial charge in [-0.25, -0.2) is 13.8 Å². The Labute approximate surface area is 180 Å². The number of pyridine rings is 2. The zero-order chi connectivity index (χ0) is 23.1. The normalized spacial score (nSPS) is 12.0. The fourth-order valence-corrected chi connectivity index (χ4v) is 2.79. The number of carbonyl (C=O) groups excluding carboxylic acids is 2. The molecule has 0 aliphatic rings. The first kappa shape index (κ1) is 24.2. The molecule has 0 radical (unpaired) electrons. The number of rotatable bonds is 10. The van der Waals surface area contributed by atoms with Crippen molar-refractivity contribution >= 4 is 11.7 Å². The largest absolute Gasteiger partial charge is 0.491 e. The molecule has 0 saturated carbocycles. The number of ketones is 1. The van der Waals surface area contributed by atoms with Crippen LogP contribution >= 0.6 is 0 Å². The number of alkyl halides is 2. The Bertz CT molecular complexity index is 935. The lowest BCUT2D eigenvalue weighted by Gasteiger charge is -2.17. The maximum absolute atomic E-state index is 12.8. The zero-order valence-corrected chi connectivity index (χ0v) is 18.2. The smallest absolute Gasteiger partial charge is 0.272 e. The van der Waals surface area contributed by atoms with Crippen molar-refractivity contribution in [3.05, 3.63) is 46.9 Å². The van der Waals surface area contributed by atoms with E-state index in [-0.39, 0.29) is 35.7 Å². The summed E-state index contributed by atoms with van der Waals surface area (Å²) in [6, 6.07) is 4.37. The van der Waals surface area contributed by atoms with Gasteiger partial charge in [-0.05, 0) is 37.6 Å². The summed E-state index contributed by atoms with van der Waals surface area (Å²) in [6.45, 7) is 6.36. The molecule has 1 unspecified atom stereocenters. The summed E-state index contributed by atoms with van der Waals surface area (Å²) in [7, 11) is 1.37. The minimum absolute atomic E-state index is 0.0464. The number of aromatic nitrogens is 2. The van der Waals surface area contributed by atoms with Crippen LogP contribution < -0.4 is 14.8 Å². The van der Waals surface area contributed by atoms with Gasteiger partial charge in [-0.15, -0.1) is 0 Å². The molecule has 0 aromatic carbocycles. The van der Waals surface area contributed by atoms with Crippen LogP contribution in [0.2, 0.25) is 0 Å². The molecule has 1 atom stereocenters. The highest BCUT2D eigenvalue weighted by Crippen LogP contribution is 2.28. The highest BCUT2D eigenvalue weighted by molar-refractivity contribution is 5.95. The summed E-state index contributed by atoms with van der Waals surface area (Å²) in [4.78, 5) is 33.2. The van der Waals surface area contributed by atoms with E-state index < -0.39 is 19.1 Å². The van der Waals surface area contributed by atoms with Crippen LogP contribution in [0.1, 0.15) is 54.1 Å². The van der Waals surface area contributed by atoms with Gasteiger partial charge < -0.3 is 14.8 Å². The molecule has 2 heterocycles. The lowest BCUT2D eigenvalue weighted by Crippen LogP contribution is -2.27. The lowest BCUT2D eigenvalue weighted by atomic mass is 10.0. The van der Waals surface area contributed by atoms with E-state index >= 15 is 0 Å². The molecule has 168 valence electrons. The maximum Gasteiger partial charge on any atom is 0.272 e. The third-order valence-electron chi connectivity index (χ3n) is 4.52. The molecule has 2 aromatic heterocycles. The molecule has 1 amide bonds. The molecule has 0 aliphatic heterocycles. The molecule has 1 N–H and O–H groups in total. The first-order valence-electron chi connectivity index (χ1n) is 9.86. The van der Waals surface area contributed by atoms with E-state index in [1.807, 2.05) is 13.8 Å². The number of nitrogens with one attached hydrogen (secondary N) is 1. The Morgan fingerprint density at radius 2 is 1.87 bits per heavy atom. The minimum Gasteiger partial charge on any atom is -0.491 e. The highest BCUT2D eigenvalue weighted by Gasteiger charge is 2.18. The summed E-state index contributed by atoms with van der Waals surface area (Å²) in [5.41, 5.74) is 2.18.